The third-order valence-electron chi connectivity index (χ3n) is 1.45. The molecular weight excluding hydrogens is 220 g/mol. The first-order valence-corrected chi connectivity index (χ1v) is 6.94. The summed E-state index contributed by atoms with van der Waals surface area (Å²) >= 11 is 5.97. The van der Waals surface area contributed by atoms with Crippen LogP contribution in [0.15, 0.2) is 23.2 Å². The summed E-state index contributed by atoms with van der Waals surface area (Å²) in [6, 6.07) is 3.96. The molecule has 0 saturated carbocycles. The summed E-state index contributed by atoms with van der Waals surface area (Å²) in [4.78, 5) is 5.42. The van der Waals surface area contributed by atoms with Crippen LogP contribution in [-0.2, 0) is 5.75 Å². The predicted octanol–water partition coefficient (Wildman–Crippen LogP) is 2.21. The van der Waals surface area contributed by atoms with Crippen LogP contribution >= 0.6 is 34.2 Å². The molecule has 0 aliphatic heterocycles. The van der Waals surface area contributed by atoms with Crippen molar-refractivity contribution in [2.24, 2.45) is 5.73 Å². The van der Waals surface area contributed by atoms with E-state index in [1.54, 1.807) is 11.8 Å². The highest BCUT2D eigenvalue weighted by Crippen LogP contribution is 2.26. The largest absolute Gasteiger partial charge is 0.330 e. The number of nitrogens with zero attached hydrogens (tertiary/aromatic N) is 1. The van der Waals surface area contributed by atoms with E-state index in [2.05, 4.69) is 16.6 Å². The van der Waals surface area contributed by atoms with Crippen molar-refractivity contribution in [2.75, 3.05) is 12.3 Å². The van der Waals surface area contributed by atoms with E-state index in [1.807, 2.05) is 18.3 Å². The van der Waals surface area contributed by atoms with Gasteiger partial charge in [0.25, 0.3) is 0 Å². The molecule has 0 spiro atoms. The van der Waals surface area contributed by atoms with E-state index in [0.29, 0.717) is 0 Å². The molecule has 0 aliphatic rings. The van der Waals surface area contributed by atoms with Crippen LogP contribution in [0, 0.1) is 0 Å². The summed E-state index contributed by atoms with van der Waals surface area (Å²) in [5.41, 5.74) is 6.50. The minimum absolute atomic E-state index is 0.723. The van der Waals surface area contributed by atoms with Gasteiger partial charge in [-0.05, 0) is 12.1 Å². The second-order valence-corrected chi connectivity index (χ2v) is 4.66. The maximum Gasteiger partial charge on any atom is 0.0646 e. The fourth-order valence-corrected chi connectivity index (χ4v) is 2.56. The van der Waals surface area contributed by atoms with Crippen LogP contribution in [0.2, 0.25) is 0 Å². The topological polar surface area (TPSA) is 38.9 Å². The second kappa shape index (κ2) is 6.59. The Hall–Kier alpha value is 0.160. The third kappa shape index (κ3) is 3.81. The van der Waals surface area contributed by atoms with Gasteiger partial charge in [-0.2, -0.15) is 11.8 Å². The van der Waals surface area contributed by atoms with Crippen LogP contribution in [0.5, 0.6) is 0 Å². The van der Waals surface area contributed by atoms with E-state index < -0.39 is 0 Å². The number of aromatic nitrogens is 1. The molecule has 1 aromatic rings. The lowest BCUT2D eigenvalue weighted by Gasteiger charge is -2.03. The average molecular weight is 232 g/mol. The smallest absolute Gasteiger partial charge is 0.0646 e. The van der Waals surface area contributed by atoms with Crippen molar-refractivity contribution in [3.8, 4) is 0 Å². The van der Waals surface area contributed by atoms with Crippen LogP contribution in [0.1, 0.15) is 5.69 Å². The Morgan fingerprint density at radius 1 is 1.54 bits per heavy atom. The van der Waals surface area contributed by atoms with Gasteiger partial charge in [-0.1, -0.05) is 10.8 Å². The van der Waals surface area contributed by atoms with Gasteiger partial charge < -0.3 is 5.73 Å². The van der Waals surface area contributed by atoms with Crippen LogP contribution < -0.4 is 5.73 Å². The van der Waals surface area contributed by atoms with Crippen LogP contribution in [0.25, 0.3) is 0 Å². The van der Waals surface area contributed by atoms with Crippen LogP contribution in [0.4, 0.5) is 0 Å². The number of thioether (sulfide) groups is 1. The first kappa shape index (κ1) is 11.2. The quantitative estimate of drug-likeness (QED) is 0.464. The lowest BCUT2D eigenvalue weighted by Crippen LogP contribution is -2.01. The first-order chi connectivity index (χ1) is 6.38. The van der Waals surface area contributed by atoms with Gasteiger partial charge in [0.1, 0.15) is 0 Å². The SMILES string of the molecule is NCCSCc1ncccc1SS. The van der Waals surface area contributed by atoms with Gasteiger partial charge in [0.15, 0.2) is 0 Å². The molecule has 1 aromatic heterocycles. The molecule has 0 unspecified atom stereocenters. The highest BCUT2D eigenvalue weighted by molar-refractivity contribution is 8.68. The van der Waals surface area contributed by atoms with Crippen molar-refractivity contribution in [2.45, 2.75) is 10.6 Å². The van der Waals surface area contributed by atoms with Crippen LogP contribution in [0.3, 0.4) is 0 Å². The van der Waals surface area contributed by atoms with Crippen molar-refractivity contribution in [3.05, 3.63) is 24.0 Å². The highest BCUT2D eigenvalue weighted by Gasteiger charge is 2.01. The molecule has 0 aromatic carbocycles. The second-order valence-electron chi connectivity index (χ2n) is 2.38. The molecular formula is C8H12N2S3. The van der Waals surface area contributed by atoms with E-state index in [4.69, 9.17) is 5.73 Å². The van der Waals surface area contributed by atoms with Gasteiger partial charge in [0, 0.05) is 29.1 Å². The lowest BCUT2D eigenvalue weighted by molar-refractivity contribution is 1.09. The zero-order valence-electron chi connectivity index (χ0n) is 7.14. The van der Waals surface area contributed by atoms with Crippen molar-refractivity contribution in [1.29, 1.82) is 0 Å². The number of nitrogens with two attached hydrogens (primary N) is 1. The maximum atomic E-state index is 5.40. The van der Waals surface area contributed by atoms with Gasteiger partial charge >= 0.3 is 0 Å². The summed E-state index contributed by atoms with van der Waals surface area (Å²) in [7, 11) is 1.44. The van der Waals surface area contributed by atoms with E-state index in [-0.39, 0.29) is 0 Å². The standard InChI is InChI=1S/C8H12N2S3/c9-3-5-12-6-7-8(13-11)2-1-4-10-7/h1-2,4,11H,3,5-6,9H2. The number of pyridine rings is 1. The van der Waals surface area contributed by atoms with Crippen molar-refractivity contribution in [3.63, 3.8) is 0 Å². The lowest BCUT2D eigenvalue weighted by atomic mass is 10.4. The Morgan fingerprint density at radius 3 is 3.08 bits per heavy atom. The number of rotatable bonds is 5. The molecule has 0 atom stereocenters. The van der Waals surface area contributed by atoms with E-state index in [9.17, 15) is 0 Å². The minimum Gasteiger partial charge on any atom is -0.330 e. The van der Waals surface area contributed by atoms with Crippen molar-refractivity contribution < 1.29 is 0 Å². The van der Waals surface area contributed by atoms with Gasteiger partial charge in [-0.15, -0.1) is 11.7 Å². The first-order valence-electron chi connectivity index (χ1n) is 3.91. The Kier molecular flexibility index (Phi) is 5.70. The monoisotopic (exact) mass is 232 g/mol. The number of thiol groups is 1. The molecule has 0 saturated heterocycles. The highest BCUT2D eigenvalue weighted by atomic mass is 33.1. The van der Waals surface area contributed by atoms with Gasteiger partial charge in [0.2, 0.25) is 0 Å². The molecule has 0 bridgehead atoms. The summed E-state index contributed by atoms with van der Waals surface area (Å²) in [5, 5.41) is 0. The summed E-state index contributed by atoms with van der Waals surface area (Å²) in [5.74, 6) is 1.90. The Bertz CT molecular complexity index is 255. The van der Waals surface area contributed by atoms with Crippen molar-refractivity contribution in [1.82, 2.24) is 4.98 Å². The summed E-state index contributed by atoms with van der Waals surface area (Å²) < 4.78 is 0. The van der Waals surface area contributed by atoms with E-state index in [1.165, 1.54) is 10.8 Å². The Labute approximate surface area is 91.9 Å². The van der Waals surface area contributed by atoms with Gasteiger partial charge in [-0.25, -0.2) is 0 Å². The van der Waals surface area contributed by atoms with E-state index in [0.717, 1.165) is 28.6 Å². The summed E-state index contributed by atoms with van der Waals surface area (Å²) in [6.07, 6.45) is 1.81. The number of hydrogen-bond acceptors (Lipinski definition) is 5. The molecule has 0 aliphatic carbocycles. The molecule has 0 amide bonds. The molecule has 72 valence electrons. The normalized spacial score (nSPS) is 10.3. The zero-order chi connectivity index (χ0) is 9.52. The minimum atomic E-state index is 0.723. The predicted molar refractivity (Wildman–Crippen MR) is 64.3 cm³/mol. The fraction of sp³-hybridized carbons (Fsp3) is 0.375. The molecule has 13 heavy (non-hydrogen) atoms. The zero-order valence-corrected chi connectivity index (χ0v) is 9.67. The summed E-state index contributed by atoms with van der Waals surface area (Å²) in [6.45, 7) is 0.723. The molecule has 1 heterocycles. The Balaban J connectivity index is 2.54. The molecule has 2 nitrogen and oxygen atoms in total. The molecule has 0 radical (unpaired) electrons. The molecule has 2 N–H and O–H groups in total. The molecule has 1 rings (SSSR count). The molecule has 5 heteroatoms. The number of hydrogen-bond donors (Lipinski definition) is 2. The Morgan fingerprint density at radius 2 is 2.38 bits per heavy atom. The van der Waals surface area contributed by atoms with E-state index >= 15 is 0 Å². The fourth-order valence-electron chi connectivity index (χ4n) is 0.867. The third-order valence-corrected chi connectivity index (χ3v) is 3.61. The van der Waals surface area contributed by atoms with Crippen molar-refractivity contribution >= 4 is 34.2 Å². The van der Waals surface area contributed by atoms with Crippen LogP contribution in [-0.4, -0.2) is 17.3 Å². The van der Waals surface area contributed by atoms with Gasteiger partial charge in [0.05, 0.1) is 5.69 Å². The molecule has 0 fully saturated rings. The van der Waals surface area contributed by atoms with Gasteiger partial charge in [-0.3, -0.25) is 4.98 Å². The maximum absolute atomic E-state index is 5.40. The average Bonchev–Trinajstić information content (AvgIpc) is 2.19.